The molecule has 4 heteroatoms. The maximum absolute atomic E-state index is 13.1. The van der Waals surface area contributed by atoms with E-state index in [4.69, 9.17) is 4.74 Å². The zero-order valence-electron chi connectivity index (χ0n) is 13.9. The second-order valence-electron chi connectivity index (χ2n) is 6.54. The van der Waals surface area contributed by atoms with Crippen molar-refractivity contribution in [2.45, 2.75) is 32.0 Å². The lowest BCUT2D eigenvalue weighted by Gasteiger charge is -2.39. The number of amides is 1. The van der Waals surface area contributed by atoms with Gasteiger partial charge in [-0.1, -0.05) is 36.4 Å². The molecule has 1 fully saturated rings. The fourth-order valence-electron chi connectivity index (χ4n) is 3.63. The Hall–Kier alpha value is -2.33. The van der Waals surface area contributed by atoms with Gasteiger partial charge < -0.3 is 15.0 Å². The first-order chi connectivity index (χ1) is 11.7. The standard InChI is InChI=1S/C20H22N2O2/c1-14-7-2-3-9-16(14)19-21-18-11-5-4-10-17(18)20(23)22(19)13-15-8-6-12-24-15/h2-5,7,9-11,15,19,21H,6,8,12-13H2,1H3/t15-,19-/m0/s1. The first kappa shape index (κ1) is 15.2. The summed E-state index contributed by atoms with van der Waals surface area (Å²) in [4.78, 5) is 15.1. The number of nitrogens with one attached hydrogen (secondary N) is 1. The lowest BCUT2D eigenvalue weighted by atomic mass is 9.99. The third-order valence-electron chi connectivity index (χ3n) is 4.93. The van der Waals surface area contributed by atoms with Crippen LogP contribution in [0.3, 0.4) is 0 Å². The number of carbonyl (C=O) groups excluding carboxylic acids is 1. The molecule has 0 spiro atoms. The Morgan fingerprint density at radius 1 is 1.17 bits per heavy atom. The minimum atomic E-state index is -0.155. The average Bonchev–Trinajstić information content (AvgIpc) is 3.11. The number of para-hydroxylation sites is 1. The Kier molecular flexibility index (Phi) is 3.98. The number of carbonyl (C=O) groups is 1. The Balaban J connectivity index is 1.73. The topological polar surface area (TPSA) is 41.6 Å². The molecule has 24 heavy (non-hydrogen) atoms. The summed E-state index contributed by atoms with van der Waals surface area (Å²) in [5.74, 6) is 0.0769. The molecule has 2 atom stereocenters. The summed E-state index contributed by atoms with van der Waals surface area (Å²) in [5, 5.41) is 3.56. The minimum Gasteiger partial charge on any atom is -0.376 e. The van der Waals surface area contributed by atoms with E-state index in [1.807, 2.05) is 41.3 Å². The van der Waals surface area contributed by atoms with E-state index in [0.717, 1.165) is 36.3 Å². The van der Waals surface area contributed by atoms with E-state index in [1.165, 1.54) is 5.56 Å². The largest absolute Gasteiger partial charge is 0.376 e. The Bertz CT molecular complexity index is 753. The number of rotatable bonds is 3. The van der Waals surface area contributed by atoms with Crippen LogP contribution < -0.4 is 5.32 Å². The Labute approximate surface area is 142 Å². The van der Waals surface area contributed by atoms with E-state index in [-0.39, 0.29) is 18.2 Å². The van der Waals surface area contributed by atoms with E-state index < -0.39 is 0 Å². The normalized spacial score (nSPS) is 23.0. The molecule has 0 aliphatic carbocycles. The number of ether oxygens (including phenoxy) is 1. The van der Waals surface area contributed by atoms with Gasteiger partial charge in [0.15, 0.2) is 0 Å². The fraction of sp³-hybridized carbons (Fsp3) is 0.350. The van der Waals surface area contributed by atoms with Gasteiger partial charge in [0.2, 0.25) is 0 Å². The monoisotopic (exact) mass is 322 g/mol. The van der Waals surface area contributed by atoms with Crippen LogP contribution in [0.4, 0.5) is 5.69 Å². The third kappa shape index (κ3) is 2.67. The van der Waals surface area contributed by atoms with Crippen LogP contribution in [0.5, 0.6) is 0 Å². The van der Waals surface area contributed by atoms with Crippen LogP contribution in [0.2, 0.25) is 0 Å². The highest BCUT2D eigenvalue weighted by Crippen LogP contribution is 2.35. The third-order valence-corrected chi connectivity index (χ3v) is 4.93. The summed E-state index contributed by atoms with van der Waals surface area (Å²) in [7, 11) is 0. The van der Waals surface area contributed by atoms with Gasteiger partial charge in [-0.3, -0.25) is 4.79 Å². The summed E-state index contributed by atoms with van der Waals surface area (Å²) >= 11 is 0. The zero-order valence-corrected chi connectivity index (χ0v) is 13.9. The molecular formula is C20H22N2O2. The van der Waals surface area contributed by atoms with Crippen molar-refractivity contribution < 1.29 is 9.53 Å². The molecule has 0 saturated carbocycles. The number of hydrogen-bond acceptors (Lipinski definition) is 3. The van der Waals surface area contributed by atoms with Crippen LogP contribution in [-0.4, -0.2) is 30.1 Å². The van der Waals surface area contributed by atoms with Crippen LogP contribution in [0.15, 0.2) is 48.5 Å². The van der Waals surface area contributed by atoms with Crippen molar-refractivity contribution in [1.29, 1.82) is 0 Å². The first-order valence-corrected chi connectivity index (χ1v) is 8.58. The van der Waals surface area contributed by atoms with Crippen LogP contribution in [0.25, 0.3) is 0 Å². The first-order valence-electron chi connectivity index (χ1n) is 8.58. The van der Waals surface area contributed by atoms with Gasteiger partial charge in [0.25, 0.3) is 5.91 Å². The molecule has 1 N–H and O–H groups in total. The number of fused-ring (bicyclic) bond motifs is 1. The van der Waals surface area contributed by atoms with E-state index >= 15 is 0 Å². The van der Waals surface area contributed by atoms with Gasteiger partial charge in [-0.15, -0.1) is 0 Å². The van der Waals surface area contributed by atoms with Crippen molar-refractivity contribution in [3.8, 4) is 0 Å². The van der Waals surface area contributed by atoms with Crippen molar-refractivity contribution in [2.75, 3.05) is 18.5 Å². The fourth-order valence-corrected chi connectivity index (χ4v) is 3.63. The molecule has 0 bridgehead atoms. The molecule has 2 aliphatic rings. The number of hydrogen-bond donors (Lipinski definition) is 1. The molecule has 2 aromatic carbocycles. The van der Waals surface area contributed by atoms with Gasteiger partial charge in [-0.25, -0.2) is 0 Å². The minimum absolute atomic E-state index is 0.0769. The summed E-state index contributed by atoms with van der Waals surface area (Å²) in [5.41, 5.74) is 3.96. The van der Waals surface area contributed by atoms with Crippen LogP contribution in [-0.2, 0) is 4.74 Å². The van der Waals surface area contributed by atoms with Gasteiger partial charge >= 0.3 is 0 Å². The molecule has 1 amide bonds. The van der Waals surface area contributed by atoms with Crippen molar-refractivity contribution in [1.82, 2.24) is 4.90 Å². The van der Waals surface area contributed by atoms with Gasteiger partial charge in [0.1, 0.15) is 6.17 Å². The van der Waals surface area contributed by atoms with Gasteiger partial charge in [-0.2, -0.15) is 0 Å². The van der Waals surface area contributed by atoms with Crippen LogP contribution >= 0.6 is 0 Å². The Morgan fingerprint density at radius 3 is 2.75 bits per heavy atom. The van der Waals surface area contributed by atoms with Crippen molar-refractivity contribution in [2.24, 2.45) is 0 Å². The van der Waals surface area contributed by atoms with Gasteiger partial charge in [0.05, 0.1) is 11.7 Å². The number of benzene rings is 2. The maximum Gasteiger partial charge on any atom is 0.257 e. The number of nitrogens with zero attached hydrogens (tertiary/aromatic N) is 1. The van der Waals surface area contributed by atoms with E-state index in [9.17, 15) is 4.79 Å². The van der Waals surface area contributed by atoms with Crippen LogP contribution in [0.1, 0.15) is 40.5 Å². The molecular weight excluding hydrogens is 300 g/mol. The summed E-state index contributed by atoms with van der Waals surface area (Å²) < 4.78 is 5.78. The van der Waals surface area contributed by atoms with E-state index in [1.54, 1.807) is 0 Å². The molecule has 0 unspecified atom stereocenters. The van der Waals surface area contributed by atoms with E-state index in [2.05, 4.69) is 24.4 Å². The summed E-state index contributed by atoms with van der Waals surface area (Å²) in [6.45, 7) is 3.51. The highest BCUT2D eigenvalue weighted by atomic mass is 16.5. The molecule has 1 saturated heterocycles. The highest BCUT2D eigenvalue weighted by molar-refractivity contribution is 6.01. The number of aryl methyl sites for hydroxylation is 1. The zero-order chi connectivity index (χ0) is 16.5. The van der Waals surface area contributed by atoms with Crippen molar-refractivity contribution in [3.63, 3.8) is 0 Å². The molecule has 2 heterocycles. The summed E-state index contributed by atoms with van der Waals surface area (Å²) in [6, 6.07) is 16.0. The average molecular weight is 322 g/mol. The molecule has 124 valence electrons. The van der Waals surface area contributed by atoms with Gasteiger partial charge in [0, 0.05) is 18.8 Å². The molecule has 4 rings (SSSR count). The summed E-state index contributed by atoms with van der Waals surface area (Å²) in [6.07, 6.45) is 2.07. The molecule has 2 aromatic rings. The van der Waals surface area contributed by atoms with Crippen LogP contribution in [0, 0.1) is 6.92 Å². The van der Waals surface area contributed by atoms with Gasteiger partial charge in [-0.05, 0) is 43.0 Å². The predicted octanol–water partition coefficient (Wildman–Crippen LogP) is 3.74. The predicted molar refractivity (Wildman–Crippen MR) is 94.0 cm³/mol. The SMILES string of the molecule is Cc1ccccc1[C@H]1Nc2ccccc2C(=O)N1C[C@@H]1CCCO1. The molecule has 4 nitrogen and oxygen atoms in total. The smallest absolute Gasteiger partial charge is 0.257 e. The highest BCUT2D eigenvalue weighted by Gasteiger charge is 2.35. The quantitative estimate of drug-likeness (QED) is 0.936. The van der Waals surface area contributed by atoms with E-state index in [0.29, 0.717) is 6.54 Å². The molecule has 0 aromatic heterocycles. The van der Waals surface area contributed by atoms with Crippen molar-refractivity contribution >= 4 is 11.6 Å². The lowest BCUT2D eigenvalue weighted by molar-refractivity contribution is 0.0426. The lowest BCUT2D eigenvalue weighted by Crippen LogP contribution is -2.46. The molecule has 2 aliphatic heterocycles. The maximum atomic E-state index is 13.1. The number of anilines is 1. The van der Waals surface area contributed by atoms with Crippen molar-refractivity contribution in [3.05, 3.63) is 65.2 Å². The second kappa shape index (κ2) is 6.29. The molecule has 0 radical (unpaired) electrons. The Morgan fingerprint density at radius 2 is 1.96 bits per heavy atom. The second-order valence-corrected chi connectivity index (χ2v) is 6.54.